The van der Waals surface area contributed by atoms with Crippen molar-refractivity contribution in [1.82, 2.24) is 0 Å². The van der Waals surface area contributed by atoms with Crippen LogP contribution in [0.1, 0.15) is 27.7 Å². The van der Waals surface area contributed by atoms with E-state index in [4.69, 9.17) is 9.84 Å². The quantitative estimate of drug-likeness (QED) is 0.826. The van der Waals surface area contributed by atoms with Crippen LogP contribution in [-0.4, -0.2) is 30.9 Å². The van der Waals surface area contributed by atoms with Crippen molar-refractivity contribution in [2.45, 2.75) is 33.8 Å². The zero-order valence-electron chi connectivity index (χ0n) is 11.8. The van der Waals surface area contributed by atoms with Crippen molar-refractivity contribution < 1.29 is 19.4 Å². The van der Waals surface area contributed by atoms with E-state index in [1.165, 1.54) is 6.92 Å². The molecular formula is C14H24O4. The van der Waals surface area contributed by atoms with Gasteiger partial charge in [-0.3, -0.25) is 4.79 Å². The maximum absolute atomic E-state index is 10.0. The minimum atomic E-state index is -0.213. The molecule has 4 heteroatoms. The van der Waals surface area contributed by atoms with Gasteiger partial charge in [0.05, 0.1) is 13.2 Å². The fraction of sp³-hybridized carbons (Fsp3) is 0.500. The van der Waals surface area contributed by atoms with Gasteiger partial charge in [-0.15, -0.1) is 0 Å². The molecule has 0 amide bonds. The van der Waals surface area contributed by atoms with Gasteiger partial charge in [0.15, 0.2) is 0 Å². The van der Waals surface area contributed by atoms with Crippen molar-refractivity contribution in [2.75, 3.05) is 13.7 Å². The van der Waals surface area contributed by atoms with Crippen LogP contribution in [0.5, 0.6) is 5.75 Å². The molecule has 0 bridgehead atoms. The predicted molar refractivity (Wildman–Crippen MR) is 72.7 cm³/mol. The summed E-state index contributed by atoms with van der Waals surface area (Å²) in [6, 6.07) is 9.68. The highest BCUT2D eigenvalue weighted by Crippen LogP contribution is 2.05. The third-order valence-corrected chi connectivity index (χ3v) is 1.38. The van der Waals surface area contributed by atoms with Crippen molar-refractivity contribution in [3.05, 3.63) is 30.3 Å². The zero-order chi connectivity index (χ0) is 14.4. The molecule has 1 N–H and O–H groups in total. The van der Waals surface area contributed by atoms with E-state index in [0.717, 1.165) is 5.75 Å². The van der Waals surface area contributed by atoms with E-state index in [0.29, 0.717) is 0 Å². The number of hydrogen-bond donors (Lipinski definition) is 1. The highest BCUT2D eigenvalue weighted by Gasteiger charge is 1.93. The van der Waals surface area contributed by atoms with Crippen LogP contribution in [0.4, 0.5) is 0 Å². The predicted octanol–water partition coefficient (Wildman–Crippen LogP) is 2.65. The molecule has 104 valence electrons. The minimum absolute atomic E-state index is 0.0255. The van der Waals surface area contributed by atoms with Gasteiger partial charge >= 0.3 is 5.97 Å². The van der Waals surface area contributed by atoms with Gasteiger partial charge in [-0.05, 0) is 32.9 Å². The van der Waals surface area contributed by atoms with Gasteiger partial charge in [0.2, 0.25) is 0 Å². The van der Waals surface area contributed by atoms with Crippen LogP contribution in [-0.2, 0) is 9.53 Å². The number of ether oxygens (including phenoxy) is 2. The highest BCUT2D eigenvalue weighted by atomic mass is 16.5. The Hall–Kier alpha value is -1.55. The summed E-state index contributed by atoms with van der Waals surface area (Å²) in [5, 5.41) is 7.57. The number of esters is 1. The van der Waals surface area contributed by atoms with Gasteiger partial charge in [-0.2, -0.15) is 0 Å². The maximum atomic E-state index is 10.0. The molecule has 0 fully saturated rings. The number of carbonyl (C=O) groups is 1. The van der Waals surface area contributed by atoms with Crippen LogP contribution in [0.3, 0.4) is 0 Å². The molecule has 0 heterocycles. The topological polar surface area (TPSA) is 55.8 Å². The van der Waals surface area contributed by atoms with Crippen LogP contribution < -0.4 is 4.74 Å². The SMILES string of the molecule is CC(=O)OC(C)C.CCO.COc1ccccc1. The largest absolute Gasteiger partial charge is 0.497 e. The van der Waals surface area contributed by atoms with Crippen molar-refractivity contribution >= 4 is 5.97 Å². The first-order chi connectivity index (χ1) is 8.47. The van der Waals surface area contributed by atoms with Crippen LogP contribution in [0, 0.1) is 0 Å². The molecule has 0 aliphatic heterocycles. The highest BCUT2D eigenvalue weighted by molar-refractivity contribution is 5.66. The summed E-state index contributed by atoms with van der Waals surface area (Å²) >= 11 is 0. The van der Waals surface area contributed by atoms with Crippen molar-refractivity contribution in [2.24, 2.45) is 0 Å². The zero-order valence-corrected chi connectivity index (χ0v) is 11.8. The molecule has 0 aliphatic carbocycles. The lowest BCUT2D eigenvalue weighted by Gasteiger charge is -2.01. The average molecular weight is 256 g/mol. The van der Waals surface area contributed by atoms with Crippen LogP contribution in [0.25, 0.3) is 0 Å². The Kier molecular flexibility index (Phi) is 14.1. The molecule has 4 nitrogen and oxygen atoms in total. The summed E-state index contributed by atoms with van der Waals surface area (Å²) in [6.07, 6.45) is 0.0255. The fourth-order valence-electron chi connectivity index (χ4n) is 0.889. The van der Waals surface area contributed by atoms with Crippen LogP contribution in [0.2, 0.25) is 0 Å². The number of hydrogen-bond acceptors (Lipinski definition) is 4. The van der Waals surface area contributed by atoms with Crippen molar-refractivity contribution in [3.63, 3.8) is 0 Å². The van der Waals surface area contributed by atoms with E-state index in [-0.39, 0.29) is 18.7 Å². The second-order valence-corrected chi connectivity index (χ2v) is 3.49. The van der Waals surface area contributed by atoms with E-state index in [2.05, 4.69) is 4.74 Å². The molecule has 1 aromatic carbocycles. The molecule has 1 rings (SSSR count). The molecule has 0 spiro atoms. The molecule has 0 saturated carbocycles. The van der Waals surface area contributed by atoms with E-state index in [1.807, 2.05) is 44.2 Å². The number of benzene rings is 1. The van der Waals surface area contributed by atoms with Crippen molar-refractivity contribution in [1.29, 1.82) is 0 Å². The molecule has 0 aliphatic rings. The Morgan fingerprint density at radius 2 is 1.72 bits per heavy atom. The fourth-order valence-corrected chi connectivity index (χ4v) is 0.889. The van der Waals surface area contributed by atoms with Crippen LogP contribution >= 0.6 is 0 Å². The summed E-state index contributed by atoms with van der Waals surface area (Å²) in [5.74, 6) is 0.697. The lowest BCUT2D eigenvalue weighted by Crippen LogP contribution is -2.06. The van der Waals surface area contributed by atoms with Gasteiger partial charge in [0.1, 0.15) is 5.75 Å². The Labute approximate surface area is 110 Å². The third-order valence-electron chi connectivity index (χ3n) is 1.38. The Morgan fingerprint density at radius 1 is 1.28 bits per heavy atom. The summed E-state index contributed by atoms with van der Waals surface area (Å²) in [5.41, 5.74) is 0. The van der Waals surface area contributed by atoms with E-state index < -0.39 is 0 Å². The Balaban J connectivity index is 0. The number of para-hydroxylation sites is 1. The molecule has 0 radical (unpaired) electrons. The molecule has 0 saturated heterocycles. The summed E-state index contributed by atoms with van der Waals surface area (Å²) in [4.78, 5) is 10.0. The summed E-state index contributed by atoms with van der Waals surface area (Å²) in [6.45, 7) is 6.98. The molecule has 0 unspecified atom stereocenters. The second-order valence-electron chi connectivity index (χ2n) is 3.49. The first-order valence-electron chi connectivity index (χ1n) is 5.85. The van der Waals surface area contributed by atoms with E-state index in [1.54, 1.807) is 14.0 Å². The van der Waals surface area contributed by atoms with E-state index in [9.17, 15) is 4.79 Å². The standard InChI is InChI=1S/C7H8O.C5H10O2.C2H6O/c1-8-7-5-3-2-4-6-7;1-4(2)7-5(3)6;1-2-3/h2-6H,1H3;4H,1-3H3;3H,2H2,1H3. The van der Waals surface area contributed by atoms with E-state index >= 15 is 0 Å². The lowest BCUT2D eigenvalue weighted by molar-refractivity contribution is -0.144. The molecule has 0 aromatic heterocycles. The summed E-state index contributed by atoms with van der Waals surface area (Å²) < 4.78 is 9.53. The number of carbonyl (C=O) groups excluding carboxylic acids is 1. The number of aliphatic hydroxyl groups is 1. The minimum Gasteiger partial charge on any atom is -0.497 e. The first kappa shape index (κ1) is 18.8. The van der Waals surface area contributed by atoms with Gasteiger partial charge in [-0.25, -0.2) is 0 Å². The number of aliphatic hydroxyl groups excluding tert-OH is 1. The second kappa shape index (κ2) is 13.5. The van der Waals surface area contributed by atoms with Crippen LogP contribution in [0.15, 0.2) is 30.3 Å². The number of rotatable bonds is 2. The smallest absolute Gasteiger partial charge is 0.302 e. The maximum Gasteiger partial charge on any atom is 0.302 e. The molecular weight excluding hydrogens is 232 g/mol. The Morgan fingerprint density at radius 3 is 1.89 bits per heavy atom. The lowest BCUT2D eigenvalue weighted by atomic mass is 10.3. The van der Waals surface area contributed by atoms with Gasteiger partial charge in [0.25, 0.3) is 0 Å². The van der Waals surface area contributed by atoms with Gasteiger partial charge in [-0.1, -0.05) is 18.2 Å². The summed E-state index contributed by atoms with van der Waals surface area (Å²) in [7, 11) is 1.66. The number of methoxy groups -OCH3 is 1. The first-order valence-corrected chi connectivity index (χ1v) is 5.85. The molecule has 1 aromatic rings. The van der Waals surface area contributed by atoms with Gasteiger partial charge in [0, 0.05) is 13.5 Å². The molecule has 18 heavy (non-hydrogen) atoms. The third kappa shape index (κ3) is 16.9. The molecule has 0 atom stereocenters. The van der Waals surface area contributed by atoms with Gasteiger partial charge < -0.3 is 14.6 Å². The average Bonchev–Trinajstić information content (AvgIpc) is 2.30. The monoisotopic (exact) mass is 256 g/mol. The van der Waals surface area contributed by atoms with Crippen molar-refractivity contribution in [3.8, 4) is 5.75 Å². The normalized spacial score (nSPS) is 8.39. The Bertz CT molecular complexity index is 283.